The highest BCUT2D eigenvalue weighted by Crippen LogP contribution is 2.22. The molecule has 0 unspecified atom stereocenters. The van der Waals surface area contributed by atoms with Gasteiger partial charge >= 0.3 is 0 Å². The van der Waals surface area contributed by atoms with Crippen LogP contribution in [0, 0.1) is 42.3 Å². The summed E-state index contributed by atoms with van der Waals surface area (Å²) in [7, 11) is 0. The fourth-order valence-corrected chi connectivity index (χ4v) is 2.90. The van der Waals surface area contributed by atoms with Crippen molar-refractivity contribution in [3.8, 4) is 23.7 Å². The third kappa shape index (κ3) is 4.50. The van der Waals surface area contributed by atoms with E-state index in [0.717, 1.165) is 11.1 Å². The number of benzene rings is 2. The molecule has 2 aromatic carbocycles. The van der Waals surface area contributed by atoms with Crippen molar-refractivity contribution in [2.45, 2.75) is 39.0 Å². The average molecular weight is 316 g/mol. The molecule has 1 aliphatic carbocycles. The Morgan fingerprint density at radius 1 is 0.833 bits per heavy atom. The van der Waals surface area contributed by atoms with Crippen LogP contribution in [-0.4, -0.2) is 0 Å². The highest BCUT2D eigenvalue weighted by molar-refractivity contribution is 5.47. The summed E-state index contributed by atoms with van der Waals surface area (Å²) in [5.74, 6) is 12.5. The summed E-state index contributed by atoms with van der Waals surface area (Å²) >= 11 is 0. The Morgan fingerprint density at radius 2 is 1.54 bits per heavy atom. The van der Waals surface area contributed by atoms with Crippen LogP contribution in [0.5, 0.6) is 0 Å². The molecule has 1 saturated carbocycles. The molecule has 1 aliphatic rings. The van der Waals surface area contributed by atoms with Gasteiger partial charge in [-0.25, -0.2) is 4.39 Å². The minimum absolute atomic E-state index is 0.301. The molecule has 0 heterocycles. The second kappa shape index (κ2) is 7.85. The molecule has 0 radical (unpaired) electrons. The molecule has 3 rings (SSSR count). The van der Waals surface area contributed by atoms with Crippen molar-refractivity contribution < 1.29 is 4.39 Å². The van der Waals surface area contributed by atoms with Gasteiger partial charge in [-0.1, -0.05) is 60.6 Å². The molecule has 1 fully saturated rings. The molecular weight excluding hydrogens is 295 g/mol. The second-order valence-electron chi connectivity index (χ2n) is 6.41. The third-order valence-corrected chi connectivity index (χ3v) is 4.39. The number of hydrogen-bond donors (Lipinski definition) is 0. The Labute approximate surface area is 144 Å². The molecule has 0 spiro atoms. The van der Waals surface area contributed by atoms with Crippen LogP contribution < -0.4 is 0 Å². The van der Waals surface area contributed by atoms with Crippen LogP contribution in [-0.2, 0) is 0 Å². The van der Waals surface area contributed by atoms with Gasteiger partial charge in [-0.15, -0.1) is 0 Å². The van der Waals surface area contributed by atoms with Gasteiger partial charge < -0.3 is 0 Å². The molecule has 0 aliphatic heterocycles. The van der Waals surface area contributed by atoms with Crippen molar-refractivity contribution >= 4 is 0 Å². The van der Waals surface area contributed by atoms with E-state index in [2.05, 4.69) is 23.7 Å². The van der Waals surface area contributed by atoms with Gasteiger partial charge in [-0.3, -0.25) is 0 Å². The maximum Gasteiger partial charge on any atom is 0.140 e. The van der Waals surface area contributed by atoms with Crippen LogP contribution in [0.3, 0.4) is 0 Å². The van der Waals surface area contributed by atoms with Gasteiger partial charge in [0.05, 0.1) is 5.56 Å². The van der Waals surface area contributed by atoms with E-state index in [1.807, 2.05) is 37.3 Å². The zero-order valence-electron chi connectivity index (χ0n) is 14.0. The first-order valence-corrected chi connectivity index (χ1v) is 8.60. The maximum absolute atomic E-state index is 14.2. The number of aryl methyl sites for hydroxylation is 1. The van der Waals surface area contributed by atoms with Gasteiger partial charge in [0.15, 0.2) is 0 Å². The van der Waals surface area contributed by atoms with Crippen molar-refractivity contribution in [1.82, 2.24) is 0 Å². The van der Waals surface area contributed by atoms with Crippen LogP contribution in [0.15, 0.2) is 42.5 Å². The second-order valence-corrected chi connectivity index (χ2v) is 6.41. The fourth-order valence-electron chi connectivity index (χ4n) is 2.90. The lowest BCUT2D eigenvalue weighted by atomic mass is 9.89. The van der Waals surface area contributed by atoms with E-state index >= 15 is 0 Å². The summed E-state index contributed by atoms with van der Waals surface area (Å²) in [5.41, 5.74) is 3.23. The van der Waals surface area contributed by atoms with Crippen LogP contribution in [0.2, 0.25) is 0 Å². The monoisotopic (exact) mass is 316 g/mol. The van der Waals surface area contributed by atoms with Crippen molar-refractivity contribution in [3.05, 3.63) is 70.5 Å². The van der Waals surface area contributed by atoms with Crippen LogP contribution in [0.1, 0.15) is 54.4 Å². The van der Waals surface area contributed by atoms with E-state index < -0.39 is 0 Å². The number of halogens is 1. The van der Waals surface area contributed by atoms with Crippen molar-refractivity contribution in [3.63, 3.8) is 0 Å². The molecule has 24 heavy (non-hydrogen) atoms. The first-order valence-electron chi connectivity index (χ1n) is 8.60. The average Bonchev–Trinajstić information content (AvgIpc) is 2.61. The number of hydrogen-bond acceptors (Lipinski definition) is 0. The normalized spacial score (nSPS) is 14.2. The standard InChI is InChI=1S/C23H21F/c1-18-7-9-20(10-8-18)13-15-22-16-14-21(17-23(22)24)12-11-19-5-3-2-4-6-19/h7-10,14,16-17,19H,2-6H2,1H3. The largest absolute Gasteiger partial charge is 0.206 e. The van der Waals surface area contributed by atoms with E-state index in [1.165, 1.54) is 43.7 Å². The molecule has 0 amide bonds. The summed E-state index contributed by atoms with van der Waals surface area (Å²) in [6.07, 6.45) is 6.20. The molecule has 0 N–H and O–H groups in total. The van der Waals surface area contributed by atoms with E-state index in [4.69, 9.17) is 0 Å². The molecule has 0 aromatic heterocycles. The summed E-state index contributed by atoms with van der Waals surface area (Å²) < 4.78 is 14.2. The zero-order valence-corrected chi connectivity index (χ0v) is 14.0. The van der Waals surface area contributed by atoms with Crippen LogP contribution in [0.25, 0.3) is 0 Å². The van der Waals surface area contributed by atoms with Crippen LogP contribution in [0.4, 0.5) is 4.39 Å². The highest BCUT2D eigenvalue weighted by Gasteiger charge is 2.10. The lowest BCUT2D eigenvalue weighted by Crippen LogP contribution is -2.03. The molecule has 0 bridgehead atoms. The molecular formula is C23H21F. The zero-order chi connectivity index (χ0) is 16.8. The quantitative estimate of drug-likeness (QED) is 0.566. The fraction of sp³-hybridized carbons (Fsp3) is 0.304. The van der Waals surface area contributed by atoms with Crippen molar-refractivity contribution in [2.75, 3.05) is 0 Å². The molecule has 0 saturated heterocycles. The highest BCUT2D eigenvalue weighted by atomic mass is 19.1. The predicted molar refractivity (Wildman–Crippen MR) is 97.0 cm³/mol. The SMILES string of the molecule is Cc1ccc(C#Cc2ccc(C#CC3CCCCC3)cc2F)cc1. The Hall–Kier alpha value is -2.51. The molecule has 2 aromatic rings. The molecule has 0 atom stereocenters. The number of rotatable bonds is 0. The van der Waals surface area contributed by atoms with Gasteiger partial charge in [0.25, 0.3) is 0 Å². The Balaban J connectivity index is 1.73. The van der Waals surface area contributed by atoms with Crippen molar-refractivity contribution in [2.24, 2.45) is 5.92 Å². The summed E-state index contributed by atoms with van der Waals surface area (Å²) in [5, 5.41) is 0. The predicted octanol–water partition coefficient (Wildman–Crippen LogP) is 5.47. The van der Waals surface area contributed by atoms with E-state index in [9.17, 15) is 4.39 Å². The molecule has 120 valence electrons. The van der Waals surface area contributed by atoms with Gasteiger partial charge in [0.1, 0.15) is 5.82 Å². The summed E-state index contributed by atoms with van der Waals surface area (Å²) in [4.78, 5) is 0. The first kappa shape index (κ1) is 16.4. The minimum Gasteiger partial charge on any atom is -0.206 e. The van der Waals surface area contributed by atoms with E-state index in [1.54, 1.807) is 6.07 Å². The van der Waals surface area contributed by atoms with Gasteiger partial charge in [-0.05, 0) is 50.1 Å². The van der Waals surface area contributed by atoms with Crippen molar-refractivity contribution in [1.29, 1.82) is 0 Å². The maximum atomic E-state index is 14.2. The van der Waals surface area contributed by atoms with Gasteiger partial charge in [0, 0.05) is 17.0 Å². The first-order chi connectivity index (χ1) is 11.7. The molecule has 1 heteroatoms. The third-order valence-electron chi connectivity index (χ3n) is 4.39. The summed E-state index contributed by atoms with van der Waals surface area (Å²) in [6.45, 7) is 2.03. The Bertz CT molecular complexity index is 816. The smallest absolute Gasteiger partial charge is 0.140 e. The summed E-state index contributed by atoms with van der Waals surface area (Å²) in [6, 6.07) is 13.0. The minimum atomic E-state index is -0.301. The lowest BCUT2D eigenvalue weighted by Gasteiger charge is -2.15. The van der Waals surface area contributed by atoms with E-state index in [0.29, 0.717) is 11.5 Å². The van der Waals surface area contributed by atoms with Gasteiger partial charge in [-0.2, -0.15) is 0 Å². The topological polar surface area (TPSA) is 0 Å². The molecule has 0 nitrogen and oxygen atoms in total. The van der Waals surface area contributed by atoms with Gasteiger partial charge in [0.2, 0.25) is 0 Å². The van der Waals surface area contributed by atoms with Crippen LogP contribution >= 0.6 is 0 Å². The van der Waals surface area contributed by atoms with E-state index in [-0.39, 0.29) is 5.82 Å². The Morgan fingerprint density at radius 3 is 2.25 bits per heavy atom. The Kier molecular flexibility index (Phi) is 5.35. The lowest BCUT2D eigenvalue weighted by molar-refractivity contribution is 0.430.